The number of hydrogen-bond acceptors (Lipinski definition) is 1. The van der Waals surface area contributed by atoms with Gasteiger partial charge in [0, 0.05) is 6.07 Å². The Labute approximate surface area is 88.6 Å². The first-order valence-electron chi connectivity index (χ1n) is 3.82. The molecule has 0 unspecified atom stereocenters. The van der Waals surface area contributed by atoms with Gasteiger partial charge in [0.1, 0.15) is 5.82 Å². The van der Waals surface area contributed by atoms with Crippen molar-refractivity contribution in [1.82, 2.24) is 0 Å². The molecule has 0 spiro atoms. The summed E-state index contributed by atoms with van der Waals surface area (Å²) in [5, 5.41) is 0. The summed E-state index contributed by atoms with van der Waals surface area (Å²) in [6.45, 7) is 0. The van der Waals surface area contributed by atoms with E-state index in [1.54, 1.807) is 0 Å². The molecule has 9 heteroatoms. The van der Waals surface area contributed by atoms with Gasteiger partial charge in [-0.2, -0.15) is 13.2 Å². The number of benzene rings is 1. The largest absolute Gasteiger partial charge is 0.573 e. The van der Waals surface area contributed by atoms with Crippen molar-refractivity contribution >= 4 is 0 Å². The number of ether oxygens (including phenoxy) is 1. The van der Waals surface area contributed by atoms with E-state index in [2.05, 4.69) is 4.74 Å². The first-order chi connectivity index (χ1) is 7.50. The minimum atomic E-state index is -5.42. The second kappa shape index (κ2) is 4.04. The van der Waals surface area contributed by atoms with Gasteiger partial charge in [0.25, 0.3) is 0 Å². The van der Waals surface area contributed by atoms with E-state index in [1.807, 2.05) is 0 Å². The highest BCUT2D eigenvalue weighted by molar-refractivity contribution is 5.33. The Hall–Kier alpha value is -1.54. The molecule has 1 rings (SSSR count). The SMILES string of the molecule is Fc1cc(OC(F)(F)F)c(F)c(C(F)(F)F)c1. The van der Waals surface area contributed by atoms with Gasteiger partial charge in [0.2, 0.25) is 0 Å². The Morgan fingerprint density at radius 2 is 1.41 bits per heavy atom. The van der Waals surface area contributed by atoms with Crippen molar-refractivity contribution in [2.45, 2.75) is 12.5 Å². The van der Waals surface area contributed by atoms with E-state index in [1.165, 1.54) is 0 Å². The van der Waals surface area contributed by atoms with E-state index in [0.29, 0.717) is 0 Å². The van der Waals surface area contributed by atoms with E-state index >= 15 is 0 Å². The maximum atomic E-state index is 13.0. The van der Waals surface area contributed by atoms with Crippen LogP contribution in [0.3, 0.4) is 0 Å². The van der Waals surface area contributed by atoms with Crippen molar-refractivity contribution in [1.29, 1.82) is 0 Å². The van der Waals surface area contributed by atoms with E-state index in [4.69, 9.17) is 0 Å². The molecule has 96 valence electrons. The molecule has 0 saturated carbocycles. The molecule has 0 aliphatic carbocycles. The lowest BCUT2D eigenvalue weighted by Crippen LogP contribution is -2.19. The van der Waals surface area contributed by atoms with Crippen molar-refractivity contribution in [3.05, 3.63) is 29.3 Å². The van der Waals surface area contributed by atoms with Crippen molar-refractivity contribution in [3.63, 3.8) is 0 Å². The average molecular weight is 266 g/mol. The second-order valence-corrected chi connectivity index (χ2v) is 2.81. The lowest BCUT2D eigenvalue weighted by Gasteiger charge is -2.13. The summed E-state index contributed by atoms with van der Waals surface area (Å²) >= 11 is 0. The number of rotatable bonds is 1. The number of halogens is 8. The summed E-state index contributed by atoms with van der Waals surface area (Å²) in [4.78, 5) is 0. The normalized spacial score (nSPS) is 12.7. The quantitative estimate of drug-likeness (QED) is 0.701. The molecule has 0 amide bonds. The zero-order valence-corrected chi connectivity index (χ0v) is 7.59. The van der Waals surface area contributed by atoms with Gasteiger partial charge in [-0.1, -0.05) is 0 Å². The van der Waals surface area contributed by atoms with Gasteiger partial charge in [-0.15, -0.1) is 13.2 Å². The predicted molar refractivity (Wildman–Crippen MR) is 38.0 cm³/mol. The smallest absolute Gasteiger partial charge is 0.403 e. The van der Waals surface area contributed by atoms with Gasteiger partial charge in [0.05, 0.1) is 5.56 Å². The molecule has 0 N–H and O–H groups in total. The minimum Gasteiger partial charge on any atom is -0.403 e. The Bertz CT molecular complexity index is 419. The van der Waals surface area contributed by atoms with Gasteiger partial charge in [-0.3, -0.25) is 0 Å². The first kappa shape index (κ1) is 13.5. The molecule has 1 aromatic rings. The highest BCUT2D eigenvalue weighted by Crippen LogP contribution is 2.37. The minimum absolute atomic E-state index is 0.127. The molecular weight excluding hydrogens is 264 g/mol. The molecule has 0 aliphatic heterocycles. The number of alkyl halides is 6. The third kappa shape index (κ3) is 3.46. The summed E-state index contributed by atoms with van der Waals surface area (Å²) in [5.41, 5.74) is -2.17. The molecule has 0 fully saturated rings. The van der Waals surface area contributed by atoms with Crippen LogP contribution in [0.4, 0.5) is 35.1 Å². The molecule has 0 heterocycles. The Morgan fingerprint density at radius 3 is 1.82 bits per heavy atom. The Morgan fingerprint density at radius 1 is 0.882 bits per heavy atom. The summed E-state index contributed by atoms with van der Waals surface area (Å²) < 4.78 is 99.9. The molecule has 0 aliphatic rings. The molecule has 1 aromatic carbocycles. The summed E-state index contributed by atoms with van der Waals surface area (Å²) in [7, 11) is 0. The molecule has 1 nitrogen and oxygen atoms in total. The van der Waals surface area contributed by atoms with Crippen LogP contribution in [0, 0.1) is 11.6 Å². The lowest BCUT2D eigenvalue weighted by atomic mass is 10.2. The van der Waals surface area contributed by atoms with Gasteiger partial charge >= 0.3 is 12.5 Å². The lowest BCUT2D eigenvalue weighted by molar-refractivity contribution is -0.276. The van der Waals surface area contributed by atoms with Crippen LogP contribution in [-0.2, 0) is 6.18 Å². The van der Waals surface area contributed by atoms with Gasteiger partial charge < -0.3 is 4.74 Å². The van der Waals surface area contributed by atoms with E-state index in [0.717, 1.165) is 0 Å². The fourth-order valence-corrected chi connectivity index (χ4v) is 0.969. The van der Waals surface area contributed by atoms with E-state index in [-0.39, 0.29) is 12.1 Å². The van der Waals surface area contributed by atoms with Crippen LogP contribution < -0.4 is 4.74 Å². The second-order valence-electron chi connectivity index (χ2n) is 2.81. The summed E-state index contributed by atoms with van der Waals surface area (Å²) in [5.74, 6) is -5.89. The van der Waals surface area contributed by atoms with Gasteiger partial charge in [0.15, 0.2) is 11.6 Å². The molecular formula is C8H2F8O. The maximum Gasteiger partial charge on any atom is 0.573 e. The molecule has 0 aromatic heterocycles. The predicted octanol–water partition coefficient (Wildman–Crippen LogP) is 3.88. The average Bonchev–Trinajstić information content (AvgIpc) is 2.06. The van der Waals surface area contributed by atoms with Crippen LogP contribution in [0.15, 0.2) is 12.1 Å². The molecule has 0 radical (unpaired) electrons. The van der Waals surface area contributed by atoms with Crippen LogP contribution in [-0.4, -0.2) is 6.36 Å². The summed E-state index contributed by atoms with van der Waals surface area (Å²) in [6, 6.07) is -0.392. The summed E-state index contributed by atoms with van der Waals surface area (Å²) in [6.07, 6.45) is -10.7. The Kier molecular flexibility index (Phi) is 3.22. The monoisotopic (exact) mass is 266 g/mol. The first-order valence-corrected chi connectivity index (χ1v) is 3.82. The van der Waals surface area contributed by atoms with Crippen LogP contribution in [0.5, 0.6) is 5.75 Å². The van der Waals surface area contributed by atoms with Crippen LogP contribution in [0.2, 0.25) is 0 Å². The molecule has 0 saturated heterocycles. The topological polar surface area (TPSA) is 9.23 Å². The fourth-order valence-electron chi connectivity index (χ4n) is 0.969. The van der Waals surface area contributed by atoms with Gasteiger partial charge in [-0.25, -0.2) is 8.78 Å². The van der Waals surface area contributed by atoms with E-state index in [9.17, 15) is 35.1 Å². The maximum absolute atomic E-state index is 13.0. The van der Waals surface area contributed by atoms with Gasteiger partial charge in [-0.05, 0) is 6.07 Å². The third-order valence-electron chi connectivity index (χ3n) is 1.54. The van der Waals surface area contributed by atoms with Crippen molar-refractivity contribution in [3.8, 4) is 5.75 Å². The number of hydrogen-bond donors (Lipinski definition) is 0. The zero-order valence-electron chi connectivity index (χ0n) is 7.59. The third-order valence-corrected chi connectivity index (χ3v) is 1.54. The highest BCUT2D eigenvalue weighted by atomic mass is 19.4. The van der Waals surface area contributed by atoms with E-state index < -0.39 is 35.5 Å². The van der Waals surface area contributed by atoms with Crippen molar-refractivity contribution in [2.24, 2.45) is 0 Å². The standard InChI is InChI=1S/C8H2F8O/c9-3-1-4(7(11,12)13)6(10)5(2-3)17-8(14,15)16/h1-2H. The molecule has 17 heavy (non-hydrogen) atoms. The fraction of sp³-hybridized carbons (Fsp3) is 0.250. The molecule has 0 bridgehead atoms. The van der Waals surface area contributed by atoms with Crippen LogP contribution >= 0.6 is 0 Å². The molecule has 0 atom stereocenters. The highest BCUT2D eigenvalue weighted by Gasteiger charge is 2.39. The Balaban J connectivity index is 3.29. The van der Waals surface area contributed by atoms with Crippen molar-refractivity contribution < 1.29 is 39.9 Å². The van der Waals surface area contributed by atoms with Crippen molar-refractivity contribution in [2.75, 3.05) is 0 Å². The van der Waals surface area contributed by atoms with Crippen LogP contribution in [0.1, 0.15) is 5.56 Å². The van der Waals surface area contributed by atoms with Crippen LogP contribution in [0.25, 0.3) is 0 Å². The zero-order chi connectivity index (χ0) is 13.4.